The summed E-state index contributed by atoms with van der Waals surface area (Å²) in [5.74, 6) is 0.532. The van der Waals surface area contributed by atoms with Crippen molar-refractivity contribution in [2.24, 2.45) is 5.16 Å². The van der Waals surface area contributed by atoms with E-state index in [9.17, 15) is 0 Å². The van der Waals surface area contributed by atoms with Crippen molar-refractivity contribution in [1.82, 2.24) is 0 Å². The van der Waals surface area contributed by atoms with Gasteiger partial charge in [-0.15, -0.1) is 0 Å². The van der Waals surface area contributed by atoms with Gasteiger partial charge in [0.05, 0.1) is 6.21 Å². The molecule has 0 aliphatic carbocycles. The normalized spacial score (nSPS) is 22.2. The molecule has 3 heteroatoms. The van der Waals surface area contributed by atoms with Gasteiger partial charge in [-0.25, -0.2) is 0 Å². The van der Waals surface area contributed by atoms with Gasteiger partial charge in [-0.1, -0.05) is 18.1 Å². The van der Waals surface area contributed by atoms with Crippen molar-refractivity contribution in [2.75, 3.05) is 11.4 Å². The zero-order chi connectivity index (χ0) is 13.3. The number of hydrogen-bond acceptors (Lipinski definition) is 3. The molecule has 1 heterocycles. The van der Waals surface area contributed by atoms with Gasteiger partial charge in [0.15, 0.2) is 0 Å². The van der Waals surface area contributed by atoms with Gasteiger partial charge < -0.3 is 10.1 Å². The van der Waals surface area contributed by atoms with E-state index in [0.717, 1.165) is 18.5 Å². The fourth-order valence-electron chi connectivity index (χ4n) is 3.25. The first-order valence-corrected chi connectivity index (χ1v) is 6.58. The highest BCUT2D eigenvalue weighted by Gasteiger charge is 2.35. The van der Waals surface area contributed by atoms with E-state index in [2.05, 4.69) is 49.9 Å². The average Bonchev–Trinajstić information content (AvgIpc) is 2.29. The molecule has 18 heavy (non-hydrogen) atoms. The van der Waals surface area contributed by atoms with Gasteiger partial charge in [0, 0.05) is 17.8 Å². The summed E-state index contributed by atoms with van der Waals surface area (Å²) < 4.78 is 0. The summed E-state index contributed by atoms with van der Waals surface area (Å²) in [5, 5.41) is 11.7. The number of anilines is 1. The van der Waals surface area contributed by atoms with Crippen molar-refractivity contribution in [1.29, 1.82) is 0 Å². The Morgan fingerprint density at radius 2 is 2.22 bits per heavy atom. The van der Waals surface area contributed by atoms with Crippen LogP contribution in [0.5, 0.6) is 0 Å². The summed E-state index contributed by atoms with van der Waals surface area (Å²) in [4.78, 5) is 2.46. The topological polar surface area (TPSA) is 35.8 Å². The number of rotatable bonds is 2. The predicted molar refractivity (Wildman–Crippen MR) is 76.0 cm³/mol. The second-order valence-electron chi connectivity index (χ2n) is 5.72. The highest BCUT2D eigenvalue weighted by molar-refractivity contribution is 5.81. The van der Waals surface area contributed by atoms with Gasteiger partial charge in [0.2, 0.25) is 0 Å². The van der Waals surface area contributed by atoms with Gasteiger partial charge in [-0.05, 0) is 56.4 Å². The van der Waals surface area contributed by atoms with E-state index in [1.54, 1.807) is 0 Å². The maximum Gasteiger partial charge on any atom is 0.0733 e. The molecular formula is C15H22N2O. The van der Waals surface area contributed by atoms with E-state index in [4.69, 9.17) is 5.21 Å². The van der Waals surface area contributed by atoms with Crippen LogP contribution in [-0.2, 0) is 0 Å². The van der Waals surface area contributed by atoms with Crippen LogP contribution < -0.4 is 4.90 Å². The zero-order valence-electron chi connectivity index (χ0n) is 11.6. The van der Waals surface area contributed by atoms with Crippen LogP contribution in [-0.4, -0.2) is 23.5 Å². The van der Waals surface area contributed by atoms with Crippen LogP contribution in [0.15, 0.2) is 23.4 Å². The van der Waals surface area contributed by atoms with Crippen LogP contribution in [0.2, 0.25) is 0 Å². The maximum atomic E-state index is 8.63. The van der Waals surface area contributed by atoms with Crippen molar-refractivity contribution in [3.8, 4) is 0 Å². The highest BCUT2D eigenvalue weighted by atomic mass is 16.4. The number of hydrogen-bond donors (Lipinski definition) is 1. The van der Waals surface area contributed by atoms with Gasteiger partial charge in [0.1, 0.15) is 0 Å². The van der Waals surface area contributed by atoms with Crippen molar-refractivity contribution >= 4 is 11.9 Å². The molecule has 1 aliphatic rings. The van der Waals surface area contributed by atoms with Gasteiger partial charge in [-0.2, -0.15) is 0 Å². The first-order valence-electron chi connectivity index (χ1n) is 6.58. The van der Waals surface area contributed by atoms with E-state index in [-0.39, 0.29) is 5.54 Å². The molecular weight excluding hydrogens is 224 g/mol. The average molecular weight is 246 g/mol. The molecule has 1 aromatic carbocycles. The first-order chi connectivity index (χ1) is 8.49. The lowest BCUT2D eigenvalue weighted by Gasteiger charge is -2.47. The largest absolute Gasteiger partial charge is 0.411 e. The summed E-state index contributed by atoms with van der Waals surface area (Å²) in [5.41, 5.74) is 3.83. The predicted octanol–water partition coefficient (Wildman–Crippen LogP) is 3.61. The molecule has 0 spiro atoms. The summed E-state index contributed by atoms with van der Waals surface area (Å²) in [6, 6.07) is 6.29. The Hall–Kier alpha value is -1.51. The second-order valence-corrected chi connectivity index (χ2v) is 5.72. The van der Waals surface area contributed by atoms with Gasteiger partial charge in [0.25, 0.3) is 0 Å². The molecule has 0 amide bonds. The van der Waals surface area contributed by atoms with Crippen LogP contribution in [0.25, 0.3) is 0 Å². The third kappa shape index (κ3) is 2.09. The Bertz CT molecular complexity index is 466. The summed E-state index contributed by atoms with van der Waals surface area (Å²) >= 11 is 0. The van der Waals surface area contributed by atoms with Gasteiger partial charge >= 0.3 is 0 Å². The van der Waals surface area contributed by atoms with E-state index < -0.39 is 0 Å². The molecule has 1 N–H and O–H groups in total. The standard InChI is InChI=1S/C15H22N2O/c1-5-17-14-7-6-12(10-16-18)8-13(14)11(2)9-15(17,3)4/h6-8,10-11,18H,5,9H2,1-4H3/b16-10+/t11-/m0/s1. The minimum atomic E-state index is 0.202. The summed E-state index contributed by atoms with van der Waals surface area (Å²) in [7, 11) is 0. The molecule has 1 aromatic rings. The minimum absolute atomic E-state index is 0.202. The molecule has 3 nitrogen and oxygen atoms in total. The Kier molecular flexibility index (Phi) is 3.33. The lowest BCUT2D eigenvalue weighted by molar-refractivity contribution is 0.322. The van der Waals surface area contributed by atoms with E-state index in [1.165, 1.54) is 17.5 Å². The number of benzene rings is 1. The maximum absolute atomic E-state index is 8.63. The Labute approximate surface area is 109 Å². The van der Waals surface area contributed by atoms with Crippen molar-refractivity contribution in [2.45, 2.75) is 45.6 Å². The second kappa shape index (κ2) is 4.63. The van der Waals surface area contributed by atoms with Crippen molar-refractivity contribution in [3.05, 3.63) is 29.3 Å². The lowest BCUT2D eigenvalue weighted by Crippen LogP contribution is -2.48. The zero-order valence-corrected chi connectivity index (χ0v) is 11.6. The highest BCUT2D eigenvalue weighted by Crippen LogP contribution is 2.43. The van der Waals surface area contributed by atoms with Crippen LogP contribution >= 0.6 is 0 Å². The Morgan fingerprint density at radius 3 is 2.83 bits per heavy atom. The molecule has 0 saturated carbocycles. The molecule has 0 fully saturated rings. The SMILES string of the molecule is CCN1c2ccc(/C=N/O)cc2[C@@H](C)CC1(C)C. The molecule has 0 aromatic heterocycles. The lowest BCUT2D eigenvalue weighted by atomic mass is 9.79. The van der Waals surface area contributed by atoms with Crippen molar-refractivity contribution < 1.29 is 5.21 Å². The van der Waals surface area contributed by atoms with E-state index in [0.29, 0.717) is 5.92 Å². The Balaban J connectivity index is 2.51. The summed E-state index contributed by atoms with van der Waals surface area (Å²) in [6.45, 7) is 10.1. The molecule has 1 atom stereocenters. The fourth-order valence-corrected chi connectivity index (χ4v) is 3.25. The third-order valence-corrected chi connectivity index (χ3v) is 3.93. The molecule has 98 valence electrons. The third-order valence-electron chi connectivity index (χ3n) is 3.93. The van der Waals surface area contributed by atoms with Crippen LogP contribution in [0.3, 0.4) is 0 Å². The number of nitrogens with zero attached hydrogens (tertiary/aromatic N) is 2. The van der Waals surface area contributed by atoms with Crippen LogP contribution in [0.4, 0.5) is 5.69 Å². The molecule has 2 rings (SSSR count). The quantitative estimate of drug-likeness (QED) is 0.491. The summed E-state index contributed by atoms with van der Waals surface area (Å²) in [6.07, 6.45) is 2.64. The number of fused-ring (bicyclic) bond motifs is 1. The van der Waals surface area contributed by atoms with Crippen LogP contribution in [0.1, 0.15) is 51.2 Å². The first kappa shape index (κ1) is 12.9. The van der Waals surface area contributed by atoms with Gasteiger partial charge in [-0.3, -0.25) is 0 Å². The van der Waals surface area contributed by atoms with Crippen LogP contribution in [0, 0.1) is 0 Å². The molecule has 0 unspecified atom stereocenters. The molecule has 1 aliphatic heterocycles. The van der Waals surface area contributed by atoms with Crippen molar-refractivity contribution in [3.63, 3.8) is 0 Å². The molecule has 0 bridgehead atoms. The Morgan fingerprint density at radius 1 is 1.50 bits per heavy atom. The smallest absolute Gasteiger partial charge is 0.0733 e. The molecule has 0 saturated heterocycles. The fraction of sp³-hybridized carbons (Fsp3) is 0.533. The number of oxime groups is 1. The minimum Gasteiger partial charge on any atom is -0.411 e. The monoisotopic (exact) mass is 246 g/mol. The van der Waals surface area contributed by atoms with E-state index >= 15 is 0 Å². The molecule has 0 radical (unpaired) electrons. The van der Waals surface area contributed by atoms with E-state index in [1.807, 2.05) is 6.07 Å².